The van der Waals surface area contributed by atoms with Crippen LogP contribution in [0.2, 0.25) is 0 Å². The number of nitrogens with zero attached hydrogens (tertiary/aromatic N) is 3. The van der Waals surface area contributed by atoms with Gasteiger partial charge in [0.05, 0.1) is 29.6 Å². The van der Waals surface area contributed by atoms with Gasteiger partial charge >= 0.3 is 12.4 Å². The molecule has 2 atom stereocenters. The van der Waals surface area contributed by atoms with Gasteiger partial charge in [-0.1, -0.05) is 25.3 Å². The van der Waals surface area contributed by atoms with Gasteiger partial charge in [-0.2, -0.15) is 26.3 Å². The van der Waals surface area contributed by atoms with Crippen molar-refractivity contribution in [3.8, 4) is 11.3 Å². The van der Waals surface area contributed by atoms with E-state index in [1.165, 1.54) is 0 Å². The minimum Gasteiger partial charge on any atom is -0.391 e. The maximum Gasteiger partial charge on any atom is 0.416 e. The van der Waals surface area contributed by atoms with Gasteiger partial charge in [-0.05, 0) is 42.7 Å². The fourth-order valence-corrected chi connectivity index (χ4v) is 4.23. The van der Waals surface area contributed by atoms with Crippen LogP contribution in [0.25, 0.3) is 16.8 Å². The molecule has 1 unspecified atom stereocenters. The third kappa shape index (κ3) is 5.23. The molecule has 1 aliphatic carbocycles. The first kappa shape index (κ1) is 23.3. The summed E-state index contributed by atoms with van der Waals surface area (Å²) in [6.45, 7) is 0. The SMILES string of the molecule is O[C@@H]1CCCCCC1Nc1nnc(-c2ccc(C(F)(F)F)cc2CC(F)(F)F)c2cccn12. The molecule has 2 N–H and O–H groups in total. The molecule has 1 fully saturated rings. The molecule has 0 saturated heterocycles. The van der Waals surface area contributed by atoms with Gasteiger partial charge < -0.3 is 10.4 Å². The van der Waals surface area contributed by atoms with Crippen LogP contribution < -0.4 is 5.32 Å². The zero-order valence-electron chi connectivity index (χ0n) is 17.4. The Labute approximate surface area is 185 Å². The van der Waals surface area contributed by atoms with Gasteiger partial charge in [-0.15, -0.1) is 10.2 Å². The first-order valence-corrected chi connectivity index (χ1v) is 10.6. The highest BCUT2D eigenvalue weighted by Gasteiger charge is 2.35. The Morgan fingerprint density at radius 1 is 1.00 bits per heavy atom. The molecule has 1 saturated carbocycles. The number of nitrogens with one attached hydrogen (secondary N) is 1. The fraction of sp³-hybridized carbons (Fsp3) is 0.455. The molecule has 5 nitrogen and oxygen atoms in total. The summed E-state index contributed by atoms with van der Waals surface area (Å²) < 4.78 is 80.4. The first-order chi connectivity index (χ1) is 15.5. The molecule has 2 aromatic heterocycles. The smallest absolute Gasteiger partial charge is 0.391 e. The standard InChI is InChI=1S/C22H22F6N4O/c23-21(24,25)12-13-11-14(22(26,27)28)8-9-15(13)19-17-6-4-10-32(17)20(31-30-19)29-16-5-2-1-3-7-18(16)33/h4,6,8-11,16,18,33H,1-3,5,7,12H2,(H,29,31)/t16?,18-/m1/s1. The van der Waals surface area contributed by atoms with Crippen LogP contribution in [0.4, 0.5) is 32.3 Å². The zero-order chi connectivity index (χ0) is 23.8. The van der Waals surface area contributed by atoms with Gasteiger partial charge in [0, 0.05) is 11.8 Å². The number of aliphatic hydroxyl groups is 1. The second kappa shape index (κ2) is 8.85. The van der Waals surface area contributed by atoms with E-state index in [1.54, 1.807) is 22.7 Å². The largest absolute Gasteiger partial charge is 0.416 e. The second-order valence-corrected chi connectivity index (χ2v) is 8.25. The fourth-order valence-electron chi connectivity index (χ4n) is 4.23. The monoisotopic (exact) mass is 472 g/mol. The zero-order valence-corrected chi connectivity index (χ0v) is 17.4. The molecule has 178 valence electrons. The lowest BCUT2D eigenvalue weighted by atomic mass is 9.98. The molecule has 33 heavy (non-hydrogen) atoms. The van der Waals surface area contributed by atoms with Crippen molar-refractivity contribution < 1.29 is 31.4 Å². The Hall–Kier alpha value is -2.82. The average Bonchev–Trinajstić information content (AvgIpc) is 3.13. The Morgan fingerprint density at radius 3 is 2.48 bits per heavy atom. The van der Waals surface area contributed by atoms with E-state index >= 15 is 0 Å². The summed E-state index contributed by atoms with van der Waals surface area (Å²) in [6.07, 6.45) is -5.74. The predicted octanol–water partition coefficient (Wildman–Crippen LogP) is 5.63. The number of aliphatic hydroxyl groups excluding tert-OH is 1. The van der Waals surface area contributed by atoms with E-state index in [4.69, 9.17) is 0 Å². The van der Waals surface area contributed by atoms with Crippen LogP contribution in [-0.4, -0.2) is 38.0 Å². The molecule has 3 aromatic rings. The summed E-state index contributed by atoms with van der Waals surface area (Å²) in [5.41, 5.74) is -1.34. The summed E-state index contributed by atoms with van der Waals surface area (Å²) >= 11 is 0. The number of halogens is 6. The lowest BCUT2D eigenvalue weighted by Gasteiger charge is -2.23. The van der Waals surface area contributed by atoms with Gasteiger partial charge in [-0.3, -0.25) is 4.40 Å². The highest BCUT2D eigenvalue weighted by molar-refractivity contribution is 5.80. The highest BCUT2D eigenvalue weighted by atomic mass is 19.4. The second-order valence-electron chi connectivity index (χ2n) is 8.25. The molecule has 0 radical (unpaired) electrons. The predicted molar refractivity (Wildman–Crippen MR) is 110 cm³/mol. The molecule has 11 heteroatoms. The third-order valence-electron chi connectivity index (χ3n) is 5.84. The number of anilines is 1. The van der Waals surface area contributed by atoms with Crippen molar-refractivity contribution in [2.24, 2.45) is 0 Å². The molecule has 1 aromatic carbocycles. The van der Waals surface area contributed by atoms with Crippen molar-refractivity contribution in [3.63, 3.8) is 0 Å². The van der Waals surface area contributed by atoms with Crippen LogP contribution in [0.3, 0.4) is 0 Å². The number of fused-ring (bicyclic) bond motifs is 1. The summed E-state index contributed by atoms with van der Waals surface area (Å²) in [5.74, 6) is 0.300. The van der Waals surface area contributed by atoms with E-state index < -0.39 is 36.0 Å². The minimum atomic E-state index is -4.78. The summed E-state index contributed by atoms with van der Waals surface area (Å²) in [7, 11) is 0. The number of benzene rings is 1. The molecule has 1 aliphatic rings. The van der Waals surface area contributed by atoms with Crippen LogP contribution in [-0.2, 0) is 12.6 Å². The van der Waals surface area contributed by atoms with Crippen LogP contribution in [0.5, 0.6) is 0 Å². The molecular weight excluding hydrogens is 450 g/mol. The molecule has 0 spiro atoms. The van der Waals surface area contributed by atoms with Crippen molar-refractivity contribution >= 4 is 11.5 Å². The third-order valence-corrected chi connectivity index (χ3v) is 5.84. The molecular formula is C22H22F6N4O. The van der Waals surface area contributed by atoms with Crippen LogP contribution in [0.1, 0.15) is 43.2 Å². The molecule has 0 aliphatic heterocycles. The number of rotatable bonds is 4. The lowest BCUT2D eigenvalue weighted by molar-refractivity contribution is -0.138. The van der Waals surface area contributed by atoms with E-state index in [0.29, 0.717) is 24.0 Å². The molecule has 0 bridgehead atoms. The van der Waals surface area contributed by atoms with Gasteiger partial charge in [-0.25, -0.2) is 0 Å². The van der Waals surface area contributed by atoms with E-state index in [1.807, 2.05) is 0 Å². The van der Waals surface area contributed by atoms with E-state index in [0.717, 1.165) is 37.8 Å². The van der Waals surface area contributed by atoms with E-state index in [9.17, 15) is 31.4 Å². The molecule has 4 rings (SSSR count). The van der Waals surface area contributed by atoms with Crippen LogP contribution in [0.15, 0.2) is 36.5 Å². The highest BCUT2D eigenvalue weighted by Crippen LogP contribution is 2.37. The number of hydrogen-bond donors (Lipinski definition) is 2. The van der Waals surface area contributed by atoms with Gasteiger partial charge in [0.2, 0.25) is 5.95 Å². The van der Waals surface area contributed by atoms with Crippen molar-refractivity contribution in [3.05, 3.63) is 47.7 Å². The minimum absolute atomic E-state index is 0.0416. The average molecular weight is 472 g/mol. The van der Waals surface area contributed by atoms with Gasteiger partial charge in [0.15, 0.2) is 0 Å². The van der Waals surface area contributed by atoms with Crippen molar-refractivity contribution in [1.29, 1.82) is 0 Å². The summed E-state index contributed by atoms with van der Waals surface area (Å²) in [6, 6.07) is 5.24. The Morgan fingerprint density at radius 2 is 1.76 bits per heavy atom. The van der Waals surface area contributed by atoms with E-state index in [-0.39, 0.29) is 17.3 Å². The Balaban J connectivity index is 1.76. The number of hydrogen-bond acceptors (Lipinski definition) is 4. The molecule has 0 amide bonds. The topological polar surface area (TPSA) is 62.5 Å². The maximum atomic E-state index is 13.2. The quantitative estimate of drug-likeness (QED) is 0.382. The molecule has 2 heterocycles. The first-order valence-electron chi connectivity index (χ1n) is 10.6. The van der Waals surface area contributed by atoms with E-state index in [2.05, 4.69) is 15.5 Å². The van der Waals surface area contributed by atoms with Crippen molar-refractivity contribution in [2.75, 3.05) is 5.32 Å². The lowest BCUT2D eigenvalue weighted by Crippen LogP contribution is -2.33. The van der Waals surface area contributed by atoms with Crippen LogP contribution >= 0.6 is 0 Å². The maximum absolute atomic E-state index is 13.2. The normalized spacial score (nSPS) is 20.1. The summed E-state index contributed by atoms with van der Waals surface area (Å²) in [4.78, 5) is 0. The summed E-state index contributed by atoms with van der Waals surface area (Å²) in [5, 5.41) is 21.7. The Kier molecular flexibility index (Phi) is 6.26. The Bertz CT molecular complexity index is 1120. The van der Waals surface area contributed by atoms with Gasteiger partial charge in [0.25, 0.3) is 0 Å². The van der Waals surface area contributed by atoms with Crippen molar-refractivity contribution in [2.45, 2.75) is 63.0 Å². The van der Waals surface area contributed by atoms with Crippen molar-refractivity contribution in [1.82, 2.24) is 14.6 Å². The van der Waals surface area contributed by atoms with Crippen LogP contribution in [0, 0.1) is 0 Å². The number of alkyl halides is 6. The van der Waals surface area contributed by atoms with Gasteiger partial charge in [0.1, 0.15) is 5.69 Å². The number of aromatic nitrogens is 3.